The molecule has 240 valence electrons. The summed E-state index contributed by atoms with van der Waals surface area (Å²) in [5.74, 6) is 2.01. The maximum atomic E-state index is 12.8. The average Bonchev–Trinajstić information content (AvgIpc) is 3.41. The molecule has 0 spiro atoms. The van der Waals surface area contributed by atoms with Crippen molar-refractivity contribution in [3.63, 3.8) is 0 Å². The van der Waals surface area contributed by atoms with Gasteiger partial charge in [-0.25, -0.2) is 18.4 Å². The van der Waals surface area contributed by atoms with Crippen molar-refractivity contribution in [2.45, 2.75) is 11.1 Å². The highest BCUT2D eigenvalue weighted by atomic mass is 32.2. The molecule has 16 heteroatoms. The Kier molecular flexibility index (Phi) is 8.24. The number of benzene rings is 3. The summed E-state index contributed by atoms with van der Waals surface area (Å²) in [6.07, 6.45) is -2.98. The summed E-state index contributed by atoms with van der Waals surface area (Å²) >= 11 is 5.65. The van der Waals surface area contributed by atoms with Crippen LogP contribution in [0.25, 0.3) is 21.9 Å². The lowest BCUT2D eigenvalue weighted by Gasteiger charge is -2.37. The van der Waals surface area contributed by atoms with Crippen molar-refractivity contribution in [3.8, 4) is 11.5 Å². The number of sulfonamides is 1. The minimum atomic E-state index is -4.51. The number of H-pyrrole nitrogens is 1. The van der Waals surface area contributed by atoms with Crippen LogP contribution in [-0.4, -0.2) is 73.8 Å². The number of thiocarbonyl (C=S) groups is 1. The van der Waals surface area contributed by atoms with Gasteiger partial charge in [0.05, 0.1) is 35.6 Å². The Balaban J connectivity index is 1.09. The number of nitrogens with one attached hydrogen (secondary N) is 3. The second kappa shape index (κ2) is 12.2. The molecule has 0 amide bonds. The van der Waals surface area contributed by atoms with E-state index in [4.69, 9.17) is 21.7 Å². The van der Waals surface area contributed by atoms with Gasteiger partial charge >= 0.3 is 6.18 Å². The van der Waals surface area contributed by atoms with Crippen molar-refractivity contribution in [1.82, 2.24) is 19.9 Å². The van der Waals surface area contributed by atoms with E-state index >= 15 is 0 Å². The lowest BCUT2D eigenvalue weighted by atomic mass is 10.1. The van der Waals surface area contributed by atoms with E-state index in [0.29, 0.717) is 54.1 Å². The van der Waals surface area contributed by atoms with Crippen LogP contribution in [0.4, 0.5) is 30.4 Å². The molecule has 3 aromatic carbocycles. The Morgan fingerprint density at radius 1 is 0.913 bits per heavy atom. The van der Waals surface area contributed by atoms with E-state index in [9.17, 15) is 21.6 Å². The number of aromatic amines is 1. The first kappa shape index (κ1) is 31.2. The first-order chi connectivity index (χ1) is 22.0. The molecule has 5 aromatic rings. The Hall–Kier alpha value is -4.83. The van der Waals surface area contributed by atoms with E-state index in [1.54, 1.807) is 26.4 Å². The standard InChI is InChI=1S/C30H28F3N7O4S2/c1-43-24-15-22-23(16-25(24)44-2)37-27-26(22)28(35-17-34-27)39-11-13-40(14-12-39)29(45)36-19-7-9-21(10-8-19)46(41,42)38-20-5-3-18(4-6-20)30(31,32)33/h3-10,15-17,38H,11-14H2,1-2H3,(H,36,45)(H,34,35,37). The van der Waals surface area contributed by atoms with Crippen LogP contribution in [0.15, 0.2) is 71.9 Å². The maximum absolute atomic E-state index is 12.8. The lowest BCUT2D eigenvalue weighted by molar-refractivity contribution is -0.137. The molecule has 6 rings (SSSR count). The van der Waals surface area contributed by atoms with Crippen molar-refractivity contribution >= 4 is 66.5 Å². The third-order valence-corrected chi connectivity index (χ3v) is 9.38. The molecular weight excluding hydrogens is 644 g/mol. The summed E-state index contributed by atoms with van der Waals surface area (Å²) in [4.78, 5) is 16.5. The van der Waals surface area contributed by atoms with Gasteiger partial charge in [-0.15, -0.1) is 0 Å². The quantitative estimate of drug-likeness (QED) is 0.192. The second-order valence-electron chi connectivity index (χ2n) is 10.4. The molecule has 0 saturated carbocycles. The Labute approximate surface area is 267 Å². The van der Waals surface area contributed by atoms with E-state index in [2.05, 4.69) is 29.9 Å². The highest BCUT2D eigenvalue weighted by Crippen LogP contribution is 2.38. The minimum Gasteiger partial charge on any atom is -0.493 e. The van der Waals surface area contributed by atoms with Crippen LogP contribution >= 0.6 is 12.2 Å². The van der Waals surface area contributed by atoms with E-state index in [1.807, 2.05) is 17.0 Å². The first-order valence-electron chi connectivity index (χ1n) is 14.0. The van der Waals surface area contributed by atoms with E-state index in [0.717, 1.165) is 46.4 Å². The normalized spacial score (nSPS) is 14.0. The lowest BCUT2D eigenvalue weighted by Crippen LogP contribution is -2.50. The summed E-state index contributed by atoms with van der Waals surface area (Å²) in [5.41, 5.74) is 1.29. The number of halogens is 3. The van der Waals surface area contributed by atoms with Gasteiger partial charge in [-0.1, -0.05) is 0 Å². The predicted molar refractivity (Wildman–Crippen MR) is 173 cm³/mol. The number of ether oxygens (including phenoxy) is 2. The zero-order valence-corrected chi connectivity index (χ0v) is 26.2. The van der Waals surface area contributed by atoms with Gasteiger partial charge in [0, 0.05) is 49.0 Å². The topological polar surface area (TPSA) is 125 Å². The Morgan fingerprint density at radius 3 is 2.17 bits per heavy atom. The number of hydrogen-bond acceptors (Lipinski definition) is 8. The highest BCUT2D eigenvalue weighted by Gasteiger charge is 2.30. The summed E-state index contributed by atoms with van der Waals surface area (Å²) in [6.45, 7) is 2.50. The second-order valence-corrected chi connectivity index (χ2v) is 12.5. The fraction of sp³-hybridized carbons (Fsp3) is 0.233. The van der Waals surface area contributed by atoms with Crippen molar-refractivity contribution in [3.05, 3.63) is 72.6 Å². The van der Waals surface area contributed by atoms with Gasteiger partial charge in [-0.2, -0.15) is 13.2 Å². The number of hydrogen-bond donors (Lipinski definition) is 3. The van der Waals surface area contributed by atoms with E-state index < -0.39 is 21.8 Å². The number of anilines is 3. The third-order valence-electron chi connectivity index (χ3n) is 7.62. The number of piperazine rings is 1. The van der Waals surface area contributed by atoms with Gasteiger partial charge in [0.2, 0.25) is 0 Å². The first-order valence-corrected chi connectivity index (χ1v) is 15.9. The van der Waals surface area contributed by atoms with Gasteiger partial charge in [-0.05, 0) is 66.8 Å². The Morgan fingerprint density at radius 2 is 1.54 bits per heavy atom. The molecule has 1 aliphatic heterocycles. The smallest absolute Gasteiger partial charge is 0.416 e. The van der Waals surface area contributed by atoms with Gasteiger partial charge in [0.1, 0.15) is 17.8 Å². The number of methoxy groups -OCH3 is 2. The molecule has 0 bridgehead atoms. The van der Waals surface area contributed by atoms with E-state index in [1.165, 1.54) is 18.5 Å². The fourth-order valence-corrected chi connectivity index (χ4v) is 6.62. The summed E-state index contributed by atoms with van der Waals surface area (Å²) in [6, 6.07) is 13.5. The molecule has 2 aromatic heterocycles. The zero-order chi connectivity index (χ0) is 32.6. The van der Waals surface area contributed by atoms with Crippen LogP contribution in [0.2, 0.25) is 0 Å². The zero-order valence-electron chi connectivity index (χ0n) is 24.6. The van der Waals surface area contributed by atoms with Crippen LogP contribution in [0, 0.1) is 0 Å². The maximum Gasteiger partial charge on any atom is 0.416 e. The van der Waals surface area contributed by atoms with Crippen molar-refractivity contribution in [2.75, 3.05) is 55.3 Å². The molecular formula is C30H28F3N7O4S2. The van der Waals surface area contributed by atoms with Crippen LogP contribution in [0.1, 0.15) is 5.56 Å². The van der Waals surface area contributed by atoms with E-state index in [-0.39, 0.29) is 10.6 Å². The molecule has 0 radical (unpaired) electrons. The molecule has 0 atom stereocenters. The summed E-state index contributed by atoms with van der Waals surface area (Å²) in [7, 11) is -0.850. The van der Waals surface area contributed by atoms with Gasteiger partial charge < -0.3 is 29.6 Å². The molecule has 0 aliphatic carbocycles. The van der Waals surface area contributed by atoms with Crippen molar-refractivity contribution in [1.29, 1.82) is 0 Å². The van der Waals surface area contributed by atoms with Gasteiger partial charge in [-0.3, -0.25) is 4.72 Å². The monoisotopic (exact) mass is 671 g/mol. The Bertz CT molecular complexity index is 2010. The molecule has 3 heterocycles. The van der Waals surface area contributed by atoms with Crippen LogP contribution < -0.4 is 24.4 Å². The molecule has 3 N–H and O–H groups in total. The minimum absolute atomic E-state index is 0.0165. The predicted octanol–water partition coefficient (Wildman–Crippen LogP) is 5.47. The molecule has 46 heavy (non-hydrogen) atoms. The number of fused-ring (bicyclic) bond motifs is 3. The van der Waals surface area contributed by atoms with Gasteiger partial charge in [0.15, 0.2) is 16.6 Å². The molecule has 1 fully saturated rings. The molecule has 0 unspecified atom stereocenters. The summed E-state index contributed by atoms with van der Waals surface area (Å²) in [5, 5.41) is 5.43. The van der Waals surface area contributed by atoms with Crippen LogP contribution in [0.3, 0.4) is 0 Å². The molecule has 1 saturated heterocycles. The number of aromatic nitrogens is 3. The van der Waals surface area contributed by atoms with Crippen molar-refractivity contribution < 1.29 is 31.1 Å². The van der Waals surface area contributed by atoms with Crippen LogP contribution in [-0.2, 0) is 16.2 Å². The summed E-state index contributed by atoms with van der Waals surface area (Å²) < 4.78 is 77.3. The van der Waals surface area contributed by atoms with Crippen LogP contribution in [0.5, 0.6) is 11.5 Å². The highest BCUT2D eigenvalue weighted by molar-refractivity contribution is 7.92. The number of alkyl halides is 3. The number of nitrogens with zero attached hydrogens (tertiary/aromatic N) is 4. The largest absolute Gasteiger partial charge is 0.493 e. The third kappa shape index (κ3) is 6.17. The number of rotatable bonds is 7. The fourth-order valence-electron chi connectivity index (χ4n) is 5.26. The molecule has 11 nitrogen and oxygen atoms in total. The molecule has 1 aliphatic rings. The SMILES string of the molecule is COc1cc2[nH]c3ncnc(N4CCN(C(=S)Nc5ccc(S(=O)(=O)Nc6ccc(C(F)(F)F)cc6)cc5)CC4)c3c2cc1OC. The average molecular weight is 672 g/mol. The van der Waals surface area contributed by atoms with Gasteiger partial charge in [0.25, 0.3) is 10.0 Å². The van der Waals surface area contributed by atoms with Crippen molar-refractivity contribution in [2.24, 2.45) is 0 Å².